The van der Waals surface area contributed by atoms with E-state index in [4.69, 9.17) is 23.2 Å². The molecule has 1 fully saturated rings. The van der Waals surface area contributed by atoms with E-state index in [9.17, 15) is 0 Å². The summed E-state index contributed by atoms with van der Waals surface area (Å²) in [4.78, 5) is 10.4. The topological polar surface area (TPSA) is 29.0 Å². The molecule has 1 unspecified atom stereocenters. The Morgan fingerprint density at radius 2 is 2.19 bits per heavy atom. The summed E-state index contributed by atoms with van der Waals surface area (Å²) in [5.41, 5.74) is 1.02. The summed E-state index contributed by atoms with van der Waals surface area (Å²) in [7, 11) is 0. The highest BCUT2D eigenvalue weighted by Gasteiger charge is 2.27. The van der Waals surface area contributed by atoms with Crippen LogP contribution in [-0.2, 0) is 0 Å². The van der Waals surface area contributed by atoms with Crippen LogP contribution in [0.4, 0.5) is 0 Å². The second kappa shape index (κ2) is 4.86. The SMILES string of the molecule is CC(C)N1CCC(c2cnc(Cl)nc2Cl)C1. The summed E-state index contributed by atoms with van der Waals surface area (Å²) in [5.74, 6) is 0.437. The minimum absolute atomic E-state index is 0.215. The van der Waals surface area contributed by atoms with Gasteiger partial charge in [-0.05, 0) is 38.4 Å². The first-order valence-electron chi connectivity index (χ1n) is 5.50. The van der Waals surface area contributed by atoms with Crippen molar-refractivity contribution in [1.82, 2.24) is 14.9 Å². The smallest absolute Gasteiger partial charge is 0.223 e. The lowest BCUT2D eigenvalue weighted by Crippen LogP contribution is -2.27. The van der Waals surface area contributed by atoms with Gasteiger partial charge in [-0.3, -0.25) is 0 Å². The number of rotatable bonds is 2. The fourth-order valence-electron chi connectivity index (χ4n) is 2.13. The Labute approximate surface area is 106 Å². The van der Waals surface area contributed by atoms with Crippen molar-refractivity contribution in [3.8, 4) is 0 Å². The van der Waals surface area contributed by atoms with Crippen molar-refractivity contribution in [1.29, 1.82) is 0 Å². The number of aromatic nitrogens is 2. The fraction of sp³-hybridized carbons (Fsp3) is 0.636. The lowest BCUT2D eigenvalue weighted by molar-refractivity contribution is 0.272. The first-order valence-corrected chi connectivity index (χ1v) is 6.25. The van der Waals surface area contributed by atoms with Crippen molar-refractivity contribution in [3.05, 3.63) is 22.2 Å². The molecule has 3 nitrogen and oxygen atoms in total. The van der Waals surface area contributed by atoms with E-state index in [-0.39, 0.29) is 5.28 Å². The van der Waals surface area contributed by atoms with Gasteiger partial charge in [0.2, 0.25) is 5.28 Å². The molecule has 0 aliphatic carbocycles. The Morgan fingerprint density at radius 3 is 2.75 bits per heavy atom. The predicted molar refractivity (Wildman–Crippen MR) is 66.1 cm³/mol. The molecule has 0 bridgehead atoms. The molecule has 1 atom stereocenters. The van der Waals surface area contributed by atoms with E-state index in [1.807, 2.05) is 0 Å². The molecule has 0 spiro atoms. The van der Waals surface area contributed by atoms with Crippen molar-refractivity contribution < 1.29 is 0 Å². The summed E-state index contributed by atoms with van der Waals surface area (Å²) in [5, 5.41) is 0.711. The normalized spacial score (nSPS) is 21.9. The Balaban J connectivity index is 2.14. The van der Waals surface area contributed by atoms with Crippen LogP contribution in [0, 0.1) is 0 Å². The third kappa shape index (κ3) is 2.47. The van der Waals surface area contributed by atoms with Gasteiger partial charge in [-0.15, -0.1) is 0 Å². The molecular weight excluding hydrogens is 245 g/mol. The zero-order valence-corrected chi connectivity index (χ0v) is 11.0. The summed E-state index contributed by atoms with van der Waals surface area (Å²) >= 11 is 11.8. The highest BCUT2D eigenvalue weighted by Crippen LogP contribution is 2.31. The molecule has 16 heavy (non-hydrogen) atoms. The average molecular weight is 260 g/mol. The van der Waals surface area contributed by atoms with Gasteiger partial charge in [0.15, 0.2) is 0 Å². The van der Waals surface area contributed by atoms with Crippen LogP contribution in [-0.4, -0.2) is 34.0 Å². The van der Waals surface area contributed by atoms with Crippen LogP contribution in [0.2, 0.25) is 10.4 Å². The predicted octanol–water partition coefficient (Wildman–Crippen LogP) is 2.98. The quantitative estimate of drug-likeness (QED) is 0.604. The molecule has 88 valence electrons. The van der Waals surface area contributed by atoms with Gasteiger partial charge in [0.1, 0.15) is 5.15 Å². The number of hydrogen-bond donors (Lipinski definition) is 0. The highest BCUT2D eigenvalue weighted by atomic mass is 35.5. The zero-order chi connectivity index (χ0) is 11.7. The first-order chi connectivity index (χ1) is 7.58. The second-order valence-corrected chi connectivity index (χ2v) is 5.16. The van der Waals surface area contributed by atoms with Crippen LogP contribution in [0.3, 0.4) is 0 Å². The Kier molecular flexibility index (Phi) is 3.67. The van der Waals surface area contributed by atoms with Crippen LogP contribution < -0.4 is 0 Å². The maximum atomic E-state index is 6.08. The highest BCUT2D eigenvalue weighted by molar-refractivity contribution is 6.32. The van der Waals surface area contributed by atoms with Crippen molar-refractivity contribution in [2.45, 2.75) is 32.2 Å². The minimum Gasteiger partial charge on any atom is -0.300 e. The first kappa shape index (κ1) is 12.1. The molecule has 0 N–H and O–H groups in total. The van der Waals surface area contributed by atoms with Gasteiger partial charge in [-0.1, -0.05) is 11.6 Å². The summed E-state index contributed by atoms with van der Waals surface area (Å²) in [6, 6.07) is 0.581. The van der Waals surface area contributed by atoms with Crippen molar-refractivity contribution >= 4 is 23.2 Å². The third-order valence-electron chi connectivity index (χ3n) is 3.13. The maximum absolute atomic E-state index is 6.08. The summed E-state index contributed by atoms with van der Waals surface area (Å²) < 4.78 is 0. The van der Waals surface area contributed by atoms with E-state index in [1.165, 1.54) is 0 Å². The van der Waals surface area contributed by atoms with Crippen LogP contribution in [0.15, 0.2) is 6.20 Å². The largest absolute Gasteiger partial charge is 0.300 e. The Hall–Kier alpha value is -0.380. The molecule has 1 aliphatic rings. The number of nitrogens with zero attached hydrogens (tertiary/aromatic N) is 3. The van der Waals surface area contributed by atoms with Crippen LogP contribution >= 0.6 is 23.2 Å². The molecule has 0 aromatic carbocycles. The van der Waals surface area contributed by atoms with Crippen molar-refractivity contribution in [2.24, 2.45) is 0 Å². The molecule has 1 aromatic heterocycles. The van der Waals surface area contributed by atoms with Gasteiger partial charge >= 0.3 is 0 Å². The molecule has 0 saturated carbocycles. The van der Waals surface area contributed by atoms with Crippen LogP contribution in [0.25, 0.3) is 0 Å². The van der Waals surface area contributed by atoms with E-state index in [0.29, 0.717) is 17.1 Å². The van der Waals surface area contributed by atoms with Gasteiger partial charge in [-0.2, -0.15) is 0 Å². The lowest BCUT2D eigenvalue weighted by Gasteiger charge is -2.20. The second-order valence-electron chi connectivity index (χ2n) is 4.46. The Morgan fingerprint density at radius 1 is 1.44 bits per heavy atom. The molecule has 5 heteroatoms. The summed E-state index contributed by atoms with van der Waals surface area (Å²) in [6.07, 6.45) is 2.87. The summed E-state index contributed by atoms with van der Waals surface area (Å²) in [6.45, 7) is 6.56. The molecule has 0 amide bonds. The average Bonchev–Trinajstić information content (AvgIpc) is 2.66. The van der Waals surface area contributed by atoms with E-state index in [2.05, 4.69) is 28.7 Å². The number of likely N-dealkylation sites (tertiary alicyclic amines) is 1. The maximum Gasteiger partial charge on any atom is 0.223 e. The van der Waals surface area contributed by atoms with Gasteiger partial charge in [0, 0.05) is 30.3 Å². The zero-order valence-electron chi connectivity index (χ0n) is 9.45. The molecule has 2 rings (SSSR count). The monoisotopic (exact) mass is 259 g/mol. The molecule has 2 heterocycles. The minimum atomic E-state index is 0.215. The standard InChI is InChI=1S/C11H15Cl2N3/c1-7(2)16-4-3-8(6-16)9-5-14-11(13)15-10(9)12/h5,7-8H,3-4,6H2,1-2H3. The van der Waals surface area contributed by atoms with E-state index < -0.39 is 0 Å². The van der Waals surface area contributed by atoms with Gasteiger partial charge in [0.25, 0.3) is 0 Å². The van der Waals surface area contributed by atoms with Crippen LogP contribution in [0.5, 0.6) is 0 Å². The molecule has 0 radical (unpaired) electrons. The lowest BCUT2D eigenvalue weighted by atomic mass is 10.0. The van der Waals surface area contributed by atoms with Gasteiger partial charge in [0.05, 0.1) is 0 Å². The van der Waals surface area contributed by atoms with E-state index >= 15 is 0 Å². The Bertz CT molecular complexity index is 381. The molecule has 1 aromatic rings. The van der Waals surface area contributed by atoms with Crippen LogP contribution in [0.1, 0.15) is 31.7 Å². The fourth-order valence-corrected chi connectivity index (χ4v) is 2.59. The third-order valence-corrected chi connectivity index (χ3v) is 3.61. The van der Waals surface area contributed by atoms with Crippen molar-refractivity contribution in [3.63, 3.8) is 0 Å². The van der Waals surface area contributed by atoms with Gasteiger partial charge < -0.3 is 4.90 Å². The van der Waals surface area contributed by atoms with E-state index in [0.717, 1.165) is 25.1 Å². The number of halogens is 2. The van der Waals surface area contributed by atoms with Gasteiger partial charge in [-0.25, -0.2) is 9.97 Å². The molecule has 1 saturated heterocycles. The number of hydrogen-bond acceptors (Lipinski definition) is 3. The molecule has 1 aliphatic heterocycles. The van der Waals surface area contributed by atoms with E-state index in [1.54, 1.807) is 6.20 Å². The molecular formula is C11H15Cl2N3. The van der Waals surface area contributed by atoms with Crippen molar-refractivity contribution in [2.75, 3.05) is 13.1 Å².